The molecule has 0 atom stereocenters. The van der Waals surface area contributed by atoms with E-state index in [1.54, 1.807) is 12.1 Å². The van der Waals surface area contributed by atoms with Crippen LogP contribution in [0.25, 0.3) is 11.0 Å². The molecule has 0 aliphatic rings. The molecule has 0 unspecified atom stereocenters. The van der Waals surface area contributed by atoms with Crippen LogP contribution in [0.4, 0.5) is 5.69 Å². The predicted octanol–water partition coefficient (Wildman–Crippen LogP) is 2.31. The Bertz CT molecular complexity index is 573. The monoisotopic (exact) mass is 283 g/mol. The highest BCUT2D eigenvalue weighted by Gasteiger charge is 2.17. The molecule has 0 saturated heterocycles. The van der Waals surface area contributed by atoms with E-state index >= 15 is 0 Å². The van der Waals surface area contributed by atoms with Crippen molar-refractivity contribution < 1.29 is 9.66 Å². The van der Waals surface area contributed by atoms with E-state index < -0.39 is 4.92 Å². The number of halogens is 1. The number of nitro groups is 1. The molecule has 2 heterocycles. The molecule has 0 aliphatic carbocycles. The predicted molar refractivity (Wildman–Crippen MR) is 60.4 cm³/mol. The number of pyridine rings is 2. The van der Waals surface area contributed by atoms with Crippen LogP contribution in [0.1, 0.15) is 0 Å². The molecule has 82 valence electrons. The van der Waals surface area contributed by atoms with Gasteiger partial charge in [0.1, 0.15) is 16.2 Å². The van der Waals surface area contributed by atoms with Crippen molar-refractivity contribution in [3.05, 3.63) is 32.9 Å². The first-order valence-electron chi connectivity index (χ1n) is 4.27. The van der Waals surface area contributed by atoms with E-state index in [1.807, 2.05) is 0 Å². The number of aromatic nitrogens is 2. The molecule has 6 nitrogen and oxygen atoms in total. The summed E-state index contributed by atoms with van der Waals surface area (Å²) < 4.78 is 5.25. The minimum absolute atomic E-state index is 0.117. The molecule has 2 aromatic heterocycles. The fourth-order valence-corrected chi connectivity index (χ4v) is 1.79. The molecule has 7 heteroatoms. The summed E-state index contributed by atoms with van der Waals surface area (Å²) in [6, 6.07) is 3.34. The molecule has 0 spiro atoms. The number of methoxy groups -OCH3 is 1. The van der Waals surface area contributed by atoms with Crippen molar-refractivity contribution in [3.63, 3.8) is 0 Å². The molecule has 0 aliphatic heterocycles. The highest BCUT2D eigenvalue weighted by Crippen LogP contribution is 2.30. The fraction of sp³-hybridized carbons (Fsp3) is 0.111. The number of hydrogen-bond acceptors (Lipinski definition) is 5. The van der Waals surface area contributed by atoms with Gasteiger partial charge in [0.15, 0.2) is 0 Å². The summed E-state index contributed by atoms with van der Waals surface area (Å²) in [6.07, 6.45) is 1.20. The van der Waals surface area contributed by atoms with E-state index in [0.717, 1.165) is 0 Å². The summed E-state index contributed by atoms with van der Waals surface area (Å²) in [5.74, 6) is 0.385. The summed E-state index contributed by atoms with van der Waals surface area (Å²) >= 11 is 3.15. The molecular weight excluding hydrogens is 278 g/mol. The van der Waals surface area contributed by atoms with Gasteiger partial charge in [-0.25, -0.2) is 9.97 Å². The Morgan fingerprint density at radius 2 is 2.25 bits per heavy atom. The van der Waals surface area contributed by atoms with Crippen molar-refractivity contribution in [1.82, 2.24) is 9.97 Å². The first-order valence-corrected chi connectivity index (χ1v) is 5.06. The van der Waals surface area contributed by atoms with Crippen LogP contribution in [0.15, 0.2) is 22.8 Å². The van der Waals surface area contributed by atoms with Gasteiger partial charge in [0.2, 0.25) is 5.88 Å². The first-order chi connectivity index (χ1) is 7.63. The molecule has 0 radical (unpaired) electrons. The third-order valence-corrected chi connectivity index (χ3v) is 2.79. The lowest BCUT2D eigenvalue weighted by atomic mass is 10.3. The van der Waals surface area contributed by atoms with Gasteiger partial charge in [-0.15, -0.1) is 0 Å². The van der Waals surface area contributed by atoms with E-state index in [-0.39, 0.29) is 5.69 Å². The summed E-state index contributed by atoms with van der Waals surface area (Å²) in [5, 5.41) is 10.7. The Labute approximate surface area is 98.6 Å². The number of fused-ring (bicyclic) bond motifs is 1. The second-order valence-electron chi connectivity index (χ2n) is 2.94. The zero-order chi connectivity index (χ0) is 11.7. The number of nitrogens with zero attached hydrogens (tertiary/aromatic N) is 3. The standard InChI is InChI=1S/C9H6BrN3O3/c1-16-7-3-2-5-9(12-7)8(10)6(4-11-5)13(14)15/h2-4H,1H3. The topological polar surface area (TPSA) is 78.2 Å². The largest absolute Gasteiger partial charge is 0.481 e. The van der Waals surface area contributed by atoms with Crippen molar-refractivity contribution in [3.8, 4) is 5.88 Å². The van der Waals surface area contributed by atoms with Crippen LogP contribution < -0.4 is 4.74 Å². The van der Waals surface area contributed by atoms with Gasteiger partial charge in [-0.2, -0.15) is 0 Å². The third kappa shape index (κ3) is 1.69. The van der Waals surface area contributed by atoms with E-state index in [1.165, 1.54) is 13.3 Å². The molecule has 2 aromatic rings. The highest BCUT2D eigenvalue weighted by molar-refractivity contribution is 9.10. The Morgan fingerprint density at radius 1 is 1.50 bits per heavy atom. The van der Waals surface area contributed by atoms with Crippen LogP contribution in [0.3, 0.4) is 0 Å². The Kier molecular flexibility index (Phi) is 2.69. The van der Waals surface area contributed by atoms with Crippen molar-refractivity contribution >= 4 is 32.7 Å². The van der Waals surface area contributed by atoms with Gasteiger partial charge in [-0.1, -0.05) is 0 Å². The molecule has 0 bridgehead atoms. The van der Waals surface area contributed by atoms with Gasteiger partial charge in [0.05, 0.1) is 17.5 Å². The molecule has 2 rings (SSSR count). The van der Waals surface area contributed by atoms with Gasteiger partial charge in [-0.3, -0.25) is 10.1 Å². The van der Waals surface area contributed by atoms with E-state index in [9.17, 15) is 10.1 Å². The maximum atomic E-state index is 10.7. The van der Waals surface area contributed by atoms with Crippen LogP contribution >= 0.6 is 15.9 Å². The lowest BCUT2D eigenvalue weighted by Crippen LogP contribution is -1.95. The molecule has 16 heavy (non-hydrogen) atoms. The molecular formula is C9H6BrN3O3. The molecule has 0 saturated carbocycles. The Morgan fingerprint density at radius 3 is 2.88 bits per heavy atom. The SMILES string of the molecule is COc1ccc2ncc([N+](=O)[O-])c(Br)c2n1. The van der Waals surface area contributed by atoms with Gasteiger partial charge in [-0.05, 0) is 22.0 Å². The third-order valence-electron chi connectivity index (χ3n) is 2.01. The second-order valence-corrected chi connectivity index (χ2v) is 3.73. The number of ether oxygens (including phenoxy) is 1. The van der Waals surface area contributed by atoms with E-state index in [0.29, 0.717) is 21.4 Å². The maximum absolute atomic E-state index is 10.7. The fourth-order valence-electron chi connectivity index (χ4n) is 1.25. The molecule has 0 aromatic carbocycles. The maximum Gasteiger partial charge on any atom is 0.303 e. The molecule has 0 N–H and O–H groups in total. The van der Waals surface area contributed by atoms with Gasteiger partial charge in [0, 0.05) is 6.07 Å². The van der Waals surface area contributed by atoms with Crippen LogP contribution in [-0.2, 0) is 0 Å². The minimum atomic E-state index is -0.516. The van der Waals surface area contributed by atoms with E-state index in [4.69, 9.17) is 4.74 Å². The average molecular weight is 284 g/mol. The lowest BCUT2D eigenvalue weighted by molar-refractivity contribution is -0.385. The number of hydrogen-bond donors (Lipinski definition) is 0. The summed E-state index contributed by atoms with van der Waals surface area (Å²) in [6.45, 7) is 0. The van der Waals surface area contributed by atoms with Crippen molar-refractivity contribution in [2.24, 2.45) is 0 Å². The van der Waals surface area contributed by atoms with E-state index in [2.05, 4.69) is 25.9 Å². The van der Waals surface area contributed by atoms with Crippen LogP contribution in [-0.4, -0.2) is 22.0 Å². The Balaban J connectivity index is 2.75. The summed E-state index contributed by atoms with van der Waals surface area (Å²) in [5.41, 5.74) is 0.861. The molecule has 0 fully saturated rings. The van der Waals surface area contributed by atoms with Crippen LogP contribution in [0.2, 0.25) is 0 Å². The summed E-state index contributed by atoms with van der Waals surface area (Å²) in [7, 11) is 1.48. The minimum Gasteiger partial charge on any atom is -0.481 e. The lowest BCUT2D eigenvalue weighted by Gasteiger charge is -2.02. The normalized spacial score (nSPS) is 10.4. The van der Waals surface area contributed by atoms with Crippen molar-refractivity contribution in [2.75, 3.05) is 7.11 Å². The molecule has 0 amide bonds. The van der Waals surface area contributed by atoms with Crippen molar-refractivity contribution in [2.45, 2.75) is 0 Å². The smallest absolute Gasteiger partial charge is 0.303 e. The highest BCUT2D eigenvalue weighted by atomic mass is 79.9. The quantitative estimate of drug-likeness (QED) is 0.624. The van der Waals surface area contributed by atoms with Gasteiger partial charge < -0.3 is 4.74 Å². The zero-order valence-corrected chi connectivity index (χ0v) is 9.76. The average Bonchev–Trinajstić information content (AvgIpc) is 2.28. The number of rotatable bonds is 2. The second kappa shape index (κ2) is 4.01. The van der Waals surface area contributed by atoms with Crippen LogP contribution in [0.5, 0.6) is 5.88 Å². The van der Waals surface area contributed by atoms with Crippen LogP contribution in [0, 0.1) is 10.1 Å². The van der Waals surface area contributed by atoms with Gasteiger partial charge in [0.25, 0.3) is 0 Å². The Hall–Kier alpha value is -1.76. The first kappa shape index (κ1) is 10.7. The zero-order valence-electron chi connectivity index (χ0n) is 8.18. The van der Waals surface area contributed by atoms with Crippen molar-refractivity contribution in [1.29, 1.82) is 0 Å². The van der Waals surface area contributed by atoms with Gasteiger partial charge >= 0.3 is 5.69 Å². The summed E-state index contributed by atoms with van der Waals surface area (Å²) in [4.78, 5) is 18.2.